The summed E-state index contributed by atoms with van der Waals surface area (Å²) in [7, 11) is 0. The molecule has 0 spiro atoms. The number of rotatable bonds is 2. The highest BCUT2D eigenvalue weighted by Crippen LogP contribution is 2.33. The molecule has 8 heteroatoms. The number of amides is 3. The lowest BCUT2D eigenvalue weighted by atomic mass is 10.1. The highest BCUT2D eigenvalue weighted by Gasteiger charge is 2.45. The van der Waals surface area contributed by atoms with E-state index in [1.807, 2.05) is 0 Å². The Morgan fingerprint density at radius 2 is 2.00 bits per heavy atom. The fourth-order valence-electron chi connectivity index (χ4n) is 2.74. The Morgan fingerprint density at radius 1 is 1.33 bits per heavy atom. The summed E-state index contributed by atoms with van der Waals surface area (Å²) in [6.07, 6.45) is 1.20. The molecule has 3 rings (SSSR count). The van der Waals surface area contributed by atoms with Gasteiger partial charge in [-0.05, 0) is 42.5 Å². The van der Waals surface area contributed by atoms with E-state index >= 15 is 0 Å². The Kier molecular flexibility index (Phi) is 4.16. The summed E-state index contributed by atoms with van der Waals surface area (Å²) >= 11 is 0.802. The van der Waals surface area contributed by atoms with E-state index < -0.39 is 35.6 Å². The molecule has 0 aliphatic carbocycles. The van der Waals surface area contributed by atoms with E-state index in [1.165, 1.54) is 23.1 Å². The van der Waals surface area contributed by atoms with Crippen LogP contribution in [0.5, 0.6) is 0 Å². The van der Waals surface area contributed by atoms with Gasteiger partial charge in [0.25, 0.3) is 23.0 Å². The molecule has 2 heterocycles. The fraction of sp³-hybridized carbons (Fsp3) is 0.312. The largest absolute Gasteiger partial charge is 0.330 e. The van der Waals surface area contributed by atoms with Crippen molar-refractivity contribution < 1.29 is 23.2 Å². The molecular weight excluding hydrogens is 338 g/mol. The maximum absolute atomic E-state index is 13.4. The van der Waals surface area contributed by atoms with Gasteiger partial charge in [0, 0.05) is 18.0 Å². The number of carbonyl (C=O) groups is 3. The first-order valence-electron chi connectivity index (χ1n) is 7.29. The zero-order valence-electron chi connectivity index (χ0n) is 12.7. The Labute approximate surface area is 141 Å². The maximum atomic E-state index is 13.4. The van der Waals surface area contributed by atoms with Crippen molar-refractivity contribution in [3.63, 3.8) is 0 Å². The van der Waals surface area contributed by atoms with Crippen LogP contribution in [0.2, 0.25) is 0 Å². The topological polar surface area (TPSA) is 66.5 Å². The molecule has 126 valence electrons. The Morgan fingerprint density at radius 3 is 2.50 bits per heavy atom. The van der Waals surface area contributed by atoms with Crippen LogP contribution in [0.3, 0.4) is 0 Å². The molecule has 0 bridgehead atoms. The number of hydrogen-bond acceptors (Lipinski definition) is 4. The number of hydrogen-bond donors (Lipinski definition) is 1. The van der Waals surface area contributed by atoms with Gasteiger partial charge >= 0.3 is 0 Å². The van der Waals surface area contributed by atoms with Gasteiger partial charge in [0.1, 0.15) is 0 Å². The van der Waals surface area contributed by atoms with Crippen molar-refractivity contribution in [2.24, 2.45) is 0 Å². The molecule has 2 aliphatic rings. The average Bonchev–Trinajstić information content (AvgIpc) is 2.96. The number of nitrogens with zero attached hydrogens (tertiary/aromatic N) is 1. The van der Waals surface area contributed by atoms with E-state index in [4.69, 9.17) is 0 Å². The van der Waals surface area contributed by atoms with Gasteiger partial charge in [0.05, 0.1) is 11.4 Å². The molecular formula is C16H14F2N2O3S. The molecule has 1 unspecified atom stereocenters. The summed E-state index contributed by atoms with van der Waals surface area (Å²) in [4.78, 5) is 36.4. The third kappa shape index (κ3) is 3.33. The summed E-state index contributed by atoms with van der Waals surface area (Å²) in [6, 6.07) is 5.75. The van der Waals surface area contributed by atoms with Gasteiger partial charge in [0.15, 0.2) is 0 Å². The van der Waals surface area contributed by atoms with Crippen LogP contribution in [-0.4, -0.2) is 40.5 Å². The molecule has 1 aromatic rings. The minimum Gasteiger partial charge on any atom is -0.330 e. The second-order valence-corrected chi connectivity index (χ2v) is 6.83. The number of likely N-dealkylation sites (tertiary alicyclic amines) is 1. The zero-order valence-corrected chi connectivity index (χ0v) is 13.5. The van der Waals surface area contributed by atoms with E-state index in [9.17, 15) is 23.2 Å². The molecule has 3 amide bonds. The SMILES string of the molecule is CC1CC(F)(F)CN1C(=O)c1ccc(/C=C2/SC(=O)NC2=O)cc1. The number of nitrogens with one attached hydrogen (secondary N) is 1. The first-order chi connectivity index (χ1) is 11.2. The third-order valence-electron chi connectivity index (χ3n) is 3.89. The van der Waals surface area contributed by atoms with Gasteiger partial charge in [-0.3, -0.25) is 19.7 Å². The smallest absolute Gasteiger partial charge is 0.290 e. The second-order valence-electron chi connectivity index (χ2n) is 5.82. The third-order valence-corrected chi connectivity index (χ3v) is 4.70. The van der Waals surface area contributed by atoms with E-state index in [0.29, 0.717) is 11.1 Å². The van der Waals surface area contributed by atoms with Crippen LogP contribution >= 0.6 is 11.8 Å². The highest BCUT2D eigenvalue weighted by molar-refractivity contribution is 8.18. The zero-order chi connectivity index (χ0) is 17.5. The number of halogens is 2. The summed E-state index contributed by atoms with van der Waals surface area (Å²) in [5.74, 6) is -3.75. The molecule has 5 nitrogen and oxygen atoms in total. The maximum Gasteiger partial charge on any atom is 0.290 e. The molecule has 0 aromatic heterocycles. The van der Waals surface area contributed by atoms with E-state index in [0.717, 1.165) is 11.8 Å². The summed E-state index contributed by atoms with van der Waals surface area (Å²) < 4.78 is 26.8. The van der Waals surface area contributed by atoms with Crippen LogP contribution in [-0.2, 0) is 4.79 Å². The van der Waals surface area contributed by atoms with Crippen LogP contribution in [0.4, 0.5) is 13.6 Å². The first-order valence-corrected chi connectivity index (χ1v) is 8.10. The summed E-state index contributed by atoms with van der Waals surface area (Å²) in [6.45, 7) is 1.03. The number of carbonyl (C=O) groups excluding carboxylic acids is 3. The van der Waals surface area contributed by atoms with Crippen LogP contribution in [0.15, 0.2) is 29.2 Å². The predicted octanol–water partition coefficient (Wildman–Crippen LogP) is 2.88. The van der Waals surface area contributed by atoms with Crippen LogP contribution in [0.1, 0.15) is 29.3 Å². The van der Waals surface area contributed by atoms with Crippen molar-refractivity contribution in [3.8, 4) is 0 Å². The summed E-state index contributed by atoms with van der Waals surface area (Å²) in [5, 5.41) is 1.72. The van der Waals surface area contributed by atoms with Gasteiger partial charge in [-0.15, -0.1) is 0 Å². The number of benzene rings is 1. The molecule has 1 aromatic carbocycles. The number of alkyl halides is 2. The van der Waals surface area contributed by atoms with Crippen LogP contribution in [0.25, 0.3) is 6.08 Å². The lowest BCUT2D eigenvalue weighted by Crippen LogP contribution is -2.35. The lowest BCUT2D eigenvalue weighted by Gasteiger charge is -2.20. The molecule has 1 atom stereocenters. The number of thioether (sulfide) groups is 1. The molecule has 2 fully saturated rings. The summed E-state index contributed by atoms with van der Waals surface area (Å²) in [5.41, 5.74) is 0.944. The standard InChI is InChI=1S/C16H14F2N2O3S/c1-9-7-16(17,18)8-20(9)14(22)11-4-2-10(3-5-11)6-12-13(21)19-15(23)24-12/h2-6,9H,7-8H2,1H3,(H,19,21,23)/b12-6+. The van der Waals surface area contributed by atoms with E-state index in [-0.39, 0.29) is 11.3 Å². The van der Waals surface area contributed by atoms with Crippen molar-refractivity contribution in [2.45, 2.75) is 25.3 Å². The predicted molar refractivity (Wildman–Crippen MR) is 85.6 cm³/mol. The van der Waals surface area contributed by atoms with E-state index in [1.54, 1.807) is 19.1 Å². The van der Waals surface area contributed by atoms with Crippen molar-refractivity contribution in [1.29, 1.82) is 0 Å². The van der Waals surface area contributed by atoms with Gasteiger partial charge in [-0.1, -0.05) is 12.1 Å². The normalized spacial score (nSPS) is 24.5. The van der Waals surface area contributed by atoms with Crippen LogP contribution < -0.4 is 5.32 Å². The van der Waals surface area contributed by atoms with Gasteiger partial charge in [0.2, 0.25) is 0 Å². The minimum absolute atomic E-state index is 0.270. The molecule has 0 saturated carbocycles. The fourth-order valence-corrected chi connectivity index (χ4v) is 3.43. The van der Waals surface area contributed by atoms with Gasteiger partial charge < -0.3 is 4.90 Å². The quantitative estimate of drug-likeness (QED) is 0.831. The molecule has 2 aliphatic heterocycles. The van der Waals surface area contributed by atoms with Gasteiger partial charge in [-0.2, -0.15) is 0 Å². The second kappa shape index (κ2) is 6.01. The molecule has 2 saturated heterocycles. The molecule has 0 radical (unpaired) electrons. The Balaban J connectivity index is 1.75. The van der Waals surface area contributed by atoms with E-state index in [2.05, 4.69) is 5.32 Å². The Hall–Kier alpha value is -2.22. The first kappa shape index (κ1) is 16.6. The van der Waals surface area contributed by atoms with Crippen molar-refractivity contribution in [2.75, 3.05) is 6.54 Å². The molecule has 1 N–H and O–H groups in total. The van der Waals surface area contributed by atoms with Crippen molar-refractivity contribution >= 4 is 34.9 Å². The molecule has 24 heavy (non-hydrogen) atoms. The monoisotopic (exact) mass is 352 g/mol. The Bertz CT molecular complexity index is 746. The number of imide groups is 1. The van der Waals surface area contributed by atoms with Gasteiger partial charge in [-0.25, -0.2) is 8.78 Å². The van der Waals surface area contributed by atoms with Crippen molar-refractivity contribution in [1.82, 2.24) is 10.2 Å². The van der Waals surface area contributed by atoms with Crippen LogP contribution in [0, 0.1) is 0 Å². The average molecular weight is 352 g/mol. The highest BCUT2D eigenvalue weighted by atomic mass is 32.2. The lowest BCUT2D eigenvalue weighted by molar-refractivity contribution is -0.115. The van der Waals surface area contributed by atoms with Crippen molar-refractivity contribution in [3.05, 3.63) is 40.3 Å². The minimum atomic E-state index is -2.85.